The third-order valence-electron chi connectivity index (χ3n) is 6.19. The van der Waals surface area contributed by atoms with Crippen LogP contribution in [0.15, 0.2) is 60.7 Å². The second-order valence-electron chi connectivity index (χ2n) is 9.07. The normalized spacial score (nSPS) is 12.7. The number of aryl methyl sites for hydroxylation is 1. The van der Waals surface area contributed by atoms with Crippen molar-refractivity contribution in [3.8, 4) is 11.5 Å². The highest BCUT2D eigenvalue weighted by atomic mass is 16.5. The van der Waals surface area contributed by atoms with Gasteiger partial charge in [-0.3, -0.25) is 4.79 Å². The fraction of sp³-hybridized carbons (Fsp3) is 0.345. The lowest BCUT2D eigenvalue weighted by molar-refractivity contribution is 0.0750. The van der Waals surface area contributed by atoms with Gasteiger partial charge < -0.3 is 19.1 Å². The van der Waals surface area contributed by atoms with Crippen LogP contribution in [-0.4, -0.2) is 31.1 Å². The fourth-order valence-corrected chi connectivity index (χ4v) is 4.26. The Morgan fingerprint density at radius 1 is 0.941 bits per heavy atom. The number of methoxy groups -OCH3 is 1. The first-order chi connectivity index (χ1) is 16.5. The Balaban J connectivity index is 1.50. The van der Waals surface area contributed by atoms with Gasteiger partial charge in [-0.15, -0.1) is 0 Å². The topological polar surface area (TPSA) is 48.0 Å². The SMILES string of the molecule is COCCOc1ccc2c(c1)CN(C(=O)c1cc(C(C)C)c(OCc3ccccc3)cc1C)C2. The molecule has 0 unspecified atom stereocenters. The molecule has 1 heterocycles. The number of ether oxygens (including phenoxy) is 3. The second kappa shape index (κ2) is 10.7. The number of benzene rings is 3. The summed E-state index contributed by atoms with van der Waals surface area (Å²) in [7, 11) is 1.66. The van der Waals surface area contributed by atoms with Gasteiger partial charge in [0.1, 0.15) is 24.7 Å². The molecule has 0 fully saturated rings. The maximum Gasteiger partial charge on any atom is 0.254 e. The van der Waals surface area contributed by atoms with Gasteiger partial charge in [-0.2, -0.15) is 0 Å². The number of nitrogens with zero attached hydrogens (tertiary/aromatic N) is 1. The average Bonchev–Trinajstić information content (AvgIpc) is 3.26. The molecule has 34 heavy (non-hydrogen) atoms. The largest absolute Gasteiger partial charge is 0.491 e. The second-order valence-corrected chi connectivity index (χ2v) is 9.07. The first kappa shape index (κ1) is 23.8. The van der Waals surface area contributed by atoms with Crippen molar-refractivity contribution < 1.29 is 19.0 Å². The molecular weight excluding hydrogens is 426 g/mol. The van der Waals surface area contributed by atoms with Gasteiger partial charge in [-0.1, -0.05) is 50.2 Å². The van der Waals surface area contributed by atoms with E-state index in [0.717, 1.165) is 44.9 Å². The zero-order chi connectivity index (χ0) is 24.1. The fourth-order valence-electron chi connectivity index (χ4n) is 4.26. The first-order valence-electron chi connectivity index (χ1n) is 11.8. The first-order valence-corrected chi connectivity index (χ1v) is 11.8. The molecule has 1 aliphatic rings. The van der Waals surface area contributed by atoms with E-state index >= 15 is 0 Å². The van der Waals surface area contributed by atoms with Crippen LogP contribution in [0.1, 0.15) is 57.9 Å². The summed E-state index contributed by atoms with van der Waals surface area (Å²) in [5, 5.41) is 0. The molecule has 0 saturated carbocycles. The minimum atomic E-state index is 0.0482. The van der Waals surface area contributed by atoms with E-state index in [-0.39, 0.29) is 11.8 Å². The third-order valence-corrected chi connectivity index (χ3v) is 6.19. The van der Waals surface area contributed by atoms with Gasteiger partial charge in [0.2, 0.25) is 0 Å². The number of amides is 1. The molecule has 3 aromatic rings. The molecule has 3 aromatic carbocycles. The minimum Gasteiger partial charge on any atom is -0.491 e. The molecule has 5 heteroatoms. The molecule has 5 nitrogen and oxygen atoms in total. The lowest BCUT2D eigenvalue weighted by Crippen LogP contribution is -2.26. The monoisotopic (exact) mass is 459 g/mol. The molecule has 0 atom stereocenters. The van der Waals surface area contributed by atoms with Crippen LogP contribution < -0.4 is 9.47 Å². The third kappa shape index (κ3) is 5.42. The summed E-state index contributed by atoms with van der Waals surface area (Å²) >= 11 is 0. The van der Waals surface area contributed by atoms with Gasteiger partial charge in [0.25, 0.3) is 5.91 Å². The molecule has 0 aliphatic carbocycles. The molecule has 178 valence electrons. The molecule has 0 N–H and O–H groups in total. The minimum absolute atomic E-state index is 0.0482. The number of carbonyl (C=O) groups is 1. The molecule has 1 aliphatic heterocycles. The summed E-state index contributed by atoms with van der Waals surface area (Å²) in [4.78, 5) is 15.4. The Labute approximate surface area is 202 Å². The summed E-state index contributed by atoms with van der Waals surface area (Å²) in [5.74, 6) is 1.94. The molecule has 4 rings (SSSR count). The van der Waals surface area contributed by atoms with E-state index in [9.17, 15) is 4.79 Å². The maximum absolute atomic E-state index is 13.5. The van der Waals surface area contributed by atoms with Gasteiger partial charge >= 0.3 is 0 Å². The van der Waals surface area contributed by atoms with Crippen LogP contribution in [0, 0.1) is 6.92 Å². The van der Waals surface area contributed by atoms with Crippen LogP contribution >= 0.6 is 0 Å². The van der Waals surface area contributed by atoms with E-state index < -0.39 is 0 Å². The van der Waals surface area contributed by atoms with E-state index in [1.165, 1.54) is 0 Å². The average molecular weight is 460 g/mol. The highest BCUT2D eigenvalue weighted by molar-refractivity contribution is 5.96. The van der Waals surface area contributed by atoms with Gasteiger partial charge in [-0.05, 0) is 64.9 Å². The number of carbonyl (C=O) groups excluding carboxylic acids is 1. The number of rotatable bonds is 9. The molecule has 0 saturated heterocycles. The number of hydrogen-bond acceptors (Lipinski definition) is 4. The standard InChI is InChI=1S/C29H33NO4/c1-20(2)26-16-27(21(3)14-28(26)34-19-22-8-6-5-7-9-22)29(31)30-17-23-10-11-25(15-24(23)18-30)33-13-12-32-4/h5-11,14-16,20H,12-13,17-19H2,1-4H3. The highest BCUT2D eigenvalue weighted by Gasteiger charge is 2.27. The van der Waals surface area contributed by atoms with Gasteiger partial charge in [0, 0.05) is 25.8 Å². The molecule has 0 spiro atoms. The molecule has 0 bridgehead atoms. The van der Waals surface area contributed by atoms with E-state index in [0.29, 0.717) is 32.9 Å². The van der Waals surface area contributed by atoms with E-state index in [1.807, 2.05) is 54.3 Å². The van der Waals surface area contributed by atoms with Crippen molar-refractivity contribution in [1.82, 2.24) is 4.90 Å². The van der Waals surface area contributed by atoms with E-state index in [1.54, 1.807) is 7.11 Å². The zero-order valence-electron chi connectivity index (χ0n) is 20.5. The molecular formula is C29H33NO4. The van der Waals surface area contributed by atoms with E-state index in [4.69, 9.17) is 14.2 Å². The van der Waals surface area contributed by atoms with Crippen LogP contribution in [0.5, 0.6) is 11.5 Å². The summed E-state index contributed by atoms with van der Waals surface area (Å²) in [6, 6.07) is 20.2. The predicted molar refractivity (Wildman–Crippen MR) is 133 cm³/mol. The predicted octanol–water partition coefficient (Wildman–Crippen LogP) is 5.88. The summed E-state index contributed by atoms with van der Waals surface area (Å²) in [6.07, 6.45) is 0. The highest BCUT2D eigenvalue weighted by Crippen LogP contribution is 2.33. The van der Waals surface area contributed by atoms with Gasteiger partial charge in [0.05, 0.1) is 6.61 Å². The molecule has 0 aromatic heterocycles. The Bertz CT molecular complexity index is 1140. The van der Waals surface area contributed by atoms with Crippen LogP contribution in [0.2, 0.25) is 0 Å². The Hall–Kier alpha value is -3.31. The molecule has 1 amide bonds. The van der Waals surface area contributed by atoms with Crippen molar-refractivity contribution >= 4 is 5.91 Å². The quantitative estimate of drug-likeness (QED) is 0.375. The van der Waals surface area contributed by atoms with Crippen molar-refractivity contribution in [3.05, 3.63) is 94.0 Å². The van der Waals surface area contributed by atoms with Crippen LogP contribution in [-0.2, 0) is 24.4 Å². The summed E-state index contributed by atoms with van der Waals surface area (Å²) < 4.78 is 17.0. The lowest BCUT2D eigenvalue weighted by atomic mass is 9.95. The number of hydrogen-bond donors (Lipinski definition) is 0. The van der Waals surface area contributed by atoms with Crippen molar-refractivity contribution in [2.75, 3.05) is 20.3 Å². The number of fused-ring (bicyclic) bond motifs is 1. The van der Waals surface area contributed by atoms with Crippen molar-refractivity contribution in [1.29, 1.82) is 0 Å². The van der Waals surface area contributed by atoms with Crippen molar-refractivity contribution in [2.24, 2.45) is 0 Å². The van der Waals surface area contributed by atoms with Crippen LogP contribution in [0.4, 0.5) is 0 Å². The molecule has 0 radical (unpaired) electrons. The van der Waals surface area contributed by atoms with Crippen molar-refractivity contribution in [3.63, 3.8) is 0 Å². The van der Waals surface area contributed by atoms with E-state index in [2.05, 4.69) is 32.0 Å². The Morgan fingerprint density at radius 2 is 1.71 bits per heavy atom. The summed E-state index contributed by atoms with van der Waals surface area (Å²) in [5.41, 5.74) is 6.13. The maximum atomic E-state index is 13.5. The van der Waals surface area contributed by atoms with Crippen molar-refractivity contribution in [2.45, 2.75) is 46.4 Å². The van der Waals surface area contributed by atoms with Crippen LogP contribution in [0.3, 0.4) is 0 Å². The lowest BCUT2D eigenvalue weighted by Gasteiger charge is -2.21. The van der Waals surface area contributed by atoms with Crippen LogP contribution in [0.25, 0.3) is 0 Å². The van der Waals surface area contributed by atoms with Gasteiger partial charge in [0.15, 0.2) is 0 Å². The zero-order valence-corrected chi connectivity index (χ0v) is 20.5. The summed E-state index contributed by atoms with van der Waals surface area (Å²) in [6.45, 7) is 8.99. The Morgan fingerprint density at radius 3 is 2.44 bits per heavy atom. The Kier molecular flexibility index (Phi) is 7.53. The smallest absolute Gasteiger partial charge is 0.254 e. The van der Waals surface area contributed by atoms with Gasteiger partial charge in [-0.25, -0.2) is 0 Å².